The predicted molar refractivity (Wildman–Crippen MR) is 37.6 cm³/mol. The molecule has 58 valence electrons. The van der Waals surface area contributed by atoms with E-state index in [-0.39, 0.29) is 12.6 Å². The van der Waals surface area contributed by atoms with Crippen LogP contribution in [-0.2, 0) is 14.3 Å². The molecule has 0 rings (SSSR count). The smallest absolute Gasteiger partial charge is 0.335 e. The van der Waals surface area contributed by atoms with Gasteiger partial charge in [-0.2, -0.15) is 0 Å². The van der Waals surface area contributed by atoms with Crippen LogP contribution in [0.2, 0.25) is 0 Å². The third kappa shape index (κ3) is 3.25. The molecule has 0 aliphatic heterocycles. The zero-order valence-corrected chi connectivity index (χ0v) is 6.29. The summed E-state index contributed by atoms with van der Waals surface area (Å²) < 4.78 is 9.36. The van der Waals surface area contributed by atoms with E-state index in [4.69, 9.17) is 4.74 Å². The lowest BCUT2D eigenvalue weighted by Gasteiger charge is -2.06. The minimum Gasteiger partial charge on any atom is -0.460 e. The fraction of sp³-hybridized carbons (Fsp3) is 0.571. The van der Waals surface area contributed by atoms with Crippen molar-refractivity contribution in [3.63, 3.8) is 0 Å². The minimum absolute atomic E-state index is 0.243. The van der Waals surface area contributed by atoms with Crippen molar-refractivity contribution in [2.75, 3.05) is 13.7 Å². The molecule has 0 aliphatic carbocycles. The summed E-state index contributed by atoms with van der Waals surface area (Å²) in [5.41, 5.74) is 0. The fourth-order valence-electron chi connectivity index (χ4n) is 0.355. The van der Waals surface area contributed by atoms with Crippen LogP contribution in [0.3, 0.4) is 0 Å². The first-order valence-corrected chi connectivity index (χ1v) is 3.02. The van der Waals surface area contributed by atoms with Crippen molar-refractivity contribution in [2.45, 2.75) is 13.0 Å². The molecular formula is C7H12O3. The van der Waals surface area contributed by atoms with Crippen molar-refractivity contribution in [1.82, 2.24) is 0 Å². The van der Waals surface area contributed by atoms with Crippen molar-refractivity contribution < 1.29 is 14.3 Å². The summed E-state index contributed by atoms with van der Waals surface area (Å²) in [5, 5.41) is 0. The lowest BCUT2D eigenvalue weighted by atomic mass is 10.4. The summed E-state index contributed by atoms with van der Waals surface area (Å²) in [6.07, 6.45) is 1.03. The van der Waals surface area contributed by atoms with Crippen molar-refractivity contribution >= 4 is 5.97 Å². The summed E-state index contributed by atoms with van der Waals surface area (Å²) in [5.74, 6) is -0.359. The second-order valence-corrected chi connectivity index (χ2v) is 1.80. The summed E-state index contributed by atoms with van der Waals surface area (Å²) in [4.78, 5) is 10.7. The van der Waals surface area contributed by atoms with Crippen molar-refractivity contribution in [1.29, 1.82) is 0 Å². The number of hydrogen-bond acceptors (Lipinski definition) is 3. The molecule has 0 N–H and O–H groups in total. The standard InChI is InChI=1S/C7H12O3/c1-4-5-10-7(8)6(2)9-3/h4,6H,1,5H2,2-3H3. The van der Waals surface area contributed by atoms with Gasteiger partial charge in [0.25, 0.3) is 0 Å². The Morgan fingerprint density at radius 1 is 1.80 bits per heavy atom. The maximum Gasteiger partial charge on any atom is 0.335 e. The Labute approximate surface area is 60.6 Å². The highest BCUT2D eigenvalue weighted by Gasteiger charge is 2.11. The van der Waals surface area contributed by atoms with E-state index in [0.717, 1.165) is 0 Å². The number of hydrogen-bond donors (Lipinski definition) is 0. The van der Waals surface area contributed by atoms with Gasteiger partial charge in [0.1, 0.15) is 6.61 Å². The Hall–Kier alpha value is -0.830. The Morgan fingerprint density at radius 2 is 2.40 bits per heavy atom. The Bertz CT molecular complexity index is 120. The third-order valence-corrected chi connectivity index (χ3v) is 1.03. The number of esters is 1. The van der Waals surface area contributed by atoms with E-state index < -0.39 is 6.10 Å². The number of carbonyl (C=O) groups excluding carboxylic acids is 1. The van der Waals surface area contributed by atoms with Gasteiger partial charge < -0.3 is 9.47 Å². The first kappa shape index (κ1) is 9.17. The Balaban J connectivity index is 3.51. The Kier molecular flexibility index (Phi) is 4.58. The highest BCUT2D eigenvalue weighted by atomic mass is 16.6. The molecule has 0 radical (unpaired) electrons. The van der Waals surface area contributed by atoms with Crippen LogP contribution in [0, 0.1) is 0 Å². The highest BCUT2D eigenvalue weighted by molar-refractivity contribution is 5.74. The minimum atomic E-state index is -0.486. The first-order valence-electron chi connectivity index (χ1n) is 3.02. The molecule has 0 heterocycles. The van der Waals surface area contributed by atoms with Gasteiger partial charge >= 0.3 is 5.97 Å². The van der Waals surface area contributed by atoms with Gasteiger partial charge in [0.05, 0.1) is 0 Å². The number of ether oxygens (including phenoxy) is 2. The average Bonchev–Trinajstić information content (AvgIpc) is 1.98. The van der Waals surface area contributed by atoms with E-state index in [2.05, 4.69) is 11.3 Å². The van der Waals surface area contributed by atoms with E-state index >= 15 is 0 Å². The monoisotopic (exact) mass is 144 g/mol. The molecule has 0 aromatic heterocycles. The van der Waals surface area contributed by atoms with Crippen LogP contribution in [0.1, 0.15) is 6.92 Å². The summed E-state index contributed by atoms with van der Waals surface area (Å²) in [6.45, 7) is 5.27. The van der Waals surface area contributed by atoms with Gasteiger partial charge in [-0.3, -0.25) is 0 Å². The molecule has 0 aromatic carbocycles. The highest BCUT2D eigenvalue weighted by Crippen LogP contribution is 1.91. The number of methoxy groups -OCH3 is 1. The zero-order valence-electron chi connectivity index (χ0n) is 6.29. The van der Waals surface area contributed by atoms with E-state index in [1.165, 1.54) is 13.2 Å². The van der Waals surface area contributed by atoms with E-state index in [9.17, 15) is 4.79 Å². The van der Waals surface area contributed by atoms with E-state index in [1.807, 2.05) is 0 Å². The molecule has 1 atom stereocenters. The van der Waals surface area contributed by atoms with Crippen molar-refractivity contribution in [3.8, 4) is 0 Å². The molecule has 3 nitrogen and oxygen atoms in total. The summed E-state index contributed by atoms with van der Waals surface area (Å²) >= 11 is 0. The quantitative estimate of drug-likeness (QED) is 0.431. The first-order chi connectivity index (χ1) is 4.72. The van der Waals surface area contributed by atoms with Gasteiger partial charge in [-0.1, -0.05) is 12.7 Å². The van der Waals surface area contributed by atoms with Gasteiger partial charge in [-0.15, -0.1) is 0 Å². The third-order valence-electron chi connectivity index (χ3n) is 1.03. The lowest BCUT2D eigenvalue weighted by molar-refractivity contribution is -0.152. The fourth-order valence-corrected chi connectivity index (χ4v) is 0.355. The molecule has 1 unspecified atom stereocenters. The predicted octanol–water partition coefficient (Wildman–Crippen LogP) is 0.750. The van der Waals surface area contributed by atoms with Crippen LogP contribution >= 0.6 is 0 Å². The second kappa shape index (κ2) is 4.99. The lowest BCUT2D eigenvalue weighted by Crippen LogP contribution is -2.21. The summed E-state index contributed by atoms with van der Waals surface area (Å²) in [6, 6.07) is 0. The molecule has 0 saturated carbocycles. The average molecular weight is 144 g/mol. The number of carbonyl (C=O) groups is 1. The molecule has 0 spiro atoms. The van der Waals surface area contributed by atoms with Crippen LogP contribution in [-0.4, -0.2) is 25.8 Å². The summed E-state index contributed by atoms with van der Waals surface area (Å²) in [7, 11) is 1.46. The molecule has 0 aromatic rings. The van der Waals surface area contributed by atoms with E-state index in [0.29, 0.717) is 0 Å². The van der Waals surface area contributed by atoms with E-state index in [1.54, 1.807) is 6.92 Å². The normalized spacial score (nSPS) is 12.2. The largest absolute Gasteiger partial charge is 0.460 e. The van der Waals surface area contributed by atoms with Gasteiger partial charge in [0.2, 0.25) is 0 Å². The van der Waals surface area contributed by atoms with Gasteiger partial charge in [0.15, 0.2) is 6.10 Å². The topological polar surface area (TPSA) is 35.5 Å². The molecule has 0 saturated heterocycles. The molecule has 0 aliphatic rings. The molecule has 10 heavy (non-hydrogen) atoms. The SMILES string of the molecule is C=CCOC(=O)C(C)OC. The second-order valence-electron chi connectivity index (χ2n) is 1.80. The Morgan fingerprint density at radius 3 is 2.80 bits per heavy atom. The van der Waals surface area contributed by atoms with Crippen LogP contribution in [0.25, 0.3) is 0 Å². The van der Waals surface area contributed by atoms with Crippen LogP contribution < -0.4 is 0 Å². The molecular weight excluding hydrogens is 132 g/mol. The van der Waals surface area contributed by atoms with Gasteiger partial charge in [-0.25, -0.2) is 4.79 Å². The van der Waals surface area contributed by atoms with Gasteiger partial charge in [0, 0.05) is 7.11 Å². The molecule has 0 fully saturated rings. The molecule has 0 bridgehead atoms. The van der Waals surface area contributed by atoms with Gasteiger partial charge in [-0.05, 0) is 6.92 Å². The van der Waals surface area contributed by atoms with Crippen LogP contribution in [0.5, 0.6) is 0 Å². The van der Waals surface area contributed by atoms with Crippen LogP contribution in [0.4, 0.5) is 0 Å². The molecule has 0 amide bonds. The zero-order chi connectivity index (χ0) is 7.98. The van der Waals surface area contributed by atoms with Crippen molar-refractivity contribution in [2.24, 2.45) is 0 Å². The van der Waals surface area contributed by atoms with Crippen LogP contribution in [0.15, 0.2) is 12.7 Å². The maximum absolute atomic E-state index is 10.7. The van der Waals surface area contributed by atoms with Crippen molar-refractivity contribution in [3.05, 3.63) is 12.7 Å². The molecule has 3 heteroatoms. The number of rotatable bonds is 4. The maximum atomic E-state index is 10.7.